The van der Waals surface area contributed by atoms with Gasteiger partial charge in [-0.1, -0.05) is 37.3 Å². The second-order valence-corrected chi connectivity index (χ2v) is 7.04. The number of para-hydroxylation sites is 1. The fourth-order valence-electron chi connectivity index (χ4n) is 3.26. The zero-order chi connectivity index (χ0) is 18.7. The number of anilines is 1. The average Bonchev–Trinajstić information content (AvgIpc) is 2.65. The van der Waals surface area contributed by atoms with Gasteiger partial charge in [-0.25, -0.2) is 0 Å². The Balaban J connectivity index is 1.75. The Hall–Kier alpha value is -2.88. The van der Waals surface area contributed by atoms with Crippen LogP contribution in [0.5, 0.6) is 0 Å². The number of amides is 2. The molecule has 1 aliphatic heterocycles. The molecule has 26 heavy (non-hydrogen) atoms. The van der Waals surface area contributed by atoms with Crippen LogP contribution in [0.25, 0.3) is 6.08 Å². The van der Waals surface area contributed by atoms with E-state index in [1.165, 1.54) is 5.56 Å². The van der Waals surface area contributed by atoms with Crippen molar-refractivity contribution in [3.8, 4) is 0 Å². The molecule has 0 saturated heterocycles. The molecule has 134 valence electrons. The second kappa shape index (κ2) is 7.56. The van der Waals surface area contributed by atoms with E-state index < -0.39 is 0 Å². The normalized spacial score (nSPS) is 16.4. The second-order valence-electron chi connectivity index (χ2n) is 7.04. The number of hydrogen-bond donors (Lipinski definition) is 0. The van der Waals surface area contributed by atoms with Gasteiger partial charge in [0.1, 0.15) is 0 Å². The first kappa shape index (κ1) is 17.9. The zero-order valence-electron chi connectivity index (χ0n) is 15.5. The number of rotatable bonds is 3. The standard InChI is InChI=1S/C22H24N2O2/c1-16-14-19-6-4-5-7-20(19)24(15-16)21(25)13-10-17-8-11-18(12-9-17)22(26)23(2)3/h4-13,16H,14-15H2,1-3H3/b13-10+. The van der Waals surface area contributed by atoms with Crippen LogP contribution in [0.15, 0.2) is 54.6 Å². The summed E-state index contributed by atoms with van der Waals surface area (Å²) in [5, 5.41) is 0. The van der Waals surface area contributed by atoms with E-state index in [4.69, 9.17) is 0 Å². The maximum atomic E-state index is 12.7. The summed E-state index contributed by atoms with van der Waals surface area (Å²) in [6.07, 6.45) is 4.41. The largest absolute Gasteiger partial charge is 0.345 e. The van der Waals surface area contributed by atoms with Crippen LogP contribution in [-0.4, -0.2) is 37.4 Å². The third kappa shape index (κ3) is 3.85. The summed E-state index contributed by atoms with van der Waals surface area (Å²) >= 11 is 0. The summed E-state index contributed by atoms with van der Waals surface area (Å²) < 4.78 is 0. The summed E-state index contributed by atoms with van der Waals surface area (Å²) in [7, 11) is 3.46. The van der Waals surface area contributed by atoms with E-state index in [1.807, 2.05) is 35.2 Å². The minimum absolute atomic E-state index is 0.0163. The predicted molar refractivity (Wildman–Crippen MR) is 105 cm³/mol. The molecule has 0 bridgehead atoms. The first-order valence-electron chi connectivity index (χ1n) is 8.85. The van der Waals surface area contributed by atoms with Crippen LogP contribution in [0, 0.1) is 5.92 Å². The molecule has 1 unspecified atom stereocenters. The Morgan fingerprint density at radius 3 is 2.46 bits per heavy atom. The average molecular weight is 348 g/mol. The Morgan fingerprint density at radius 2 is 1.77 bits per heavy atom. The molecule has 0 aliphatic carbocycles. The predicted octanol–water partition coefficient (Wildman–Crippen LogP) is 3.63. The van der Waals surface area contributed by atoms with Crippen molar-refractivity contribution in [1.29, 1.82) is 0 Å². The minimum Gasteiger partial charge on any atom is -0.345 e. The zero-order valence-corrected chi connectivity index (χ0v) is 15.5. The van der Waals surface area contributed by atoms with E-state index in [0.717, 1.165) is 24.2 Å². The van der Waals surface area contributed by atoms with Gasteiger partial charge in [-0.05, 0) is 47.7 Å². The molecule has 0 fully saturated rings. The molecule has 2 aromatic carbocycles. The lowest BCUT2D eigenvalue weighted by molar-refractivity contribution is -0.114. The van der Waals surface area contributed by atoms with Crippen molar-refractivity contribution >= 4 is 23.6 Å². The summed E-state index contributed by atoms with van der Waals surface area (Å²) in [4.78, 5) is 28.0. The molecule has 1 heterocycles. The first-order valence-corrected chi connectivity index (χ1v) is 8.85. The van der Waals surface area contributed by atoms with E-state index in [0.29, 0.717) is 11.5 Å². The topological polar surface area (TPSA) is 40.6 Å². The van der Waals surface area contributed by atoms with Gasteiger partial charge in [0.05, 0.1) is 0 Å². The lowest BCUT2D eigenvalue weighted by Crippen LogP contribution is -2.38. The molecule has 0 radical (unpaired) electrons. The Kier molecular flexibility index (Phi) is 5.21. The van der Waals surface area contributed by atoms with Crippen molar-refractivity contribution in [2.24, 2.45) is 5.92 Å². The van der Waals surface area contributed by atoms with Crippen LogP contribution >= 0.6 is 0 Å². The van der Waals surface area contributed by atoms with Gasteiger partial charge in [-0.3, -0.25) is 9.59 Å². The number of fused-ring (bicyclic) bond motifs is 1. The number of carbonyl (C=O) groups is 2. The van der Waals surface area contributed by atoms with Gasteiger partial charge in [0.25, 0.3) is 11.8 Å². The summed E-state index contributed by atoms with van der Waals surface area (Å²) in [6, 6.07) is 15.4. The SMILES string of the molecule is CC1Cc2ccccc2N(C(=O)/C=C/c2ccc(C(=O)N(C)C)cc2)C1. The molecule has 1 aliphatic rings. The Bertz CT molecular complexity index is 837. The Morgan fingerprint density at radius 1 is 1.08 bits per heavy atom. The van der Waals surface area contributed by atoms with Crippen molar-refractivity contribution in [1.82, 2.24) is 4.90 Å². The molecule has 4 nitrogen and oxygen atoms in total. The molecular formula is C22H24N2O2. The fourth-order valence-corrected chi connectivity index (χ4v) is 3.26. The van der Waals surface area contributed by atoms with E-state index in [9.17, 15) is 9.59 Å². The Labute approximate surface area is 154 Å². The van der Waals surface area contributed by atoms with E-state index in [2.05, 4.69) is 13.0 Å². The molecular weight excluding hydrogens is 324 g/mol. The van der Waals surface area contributed by atoms with Gasteiger partial charge >= 0.3 is 0 Å². The molecule has 0 saturated carbocycles. The van der Waals surface area contributed by atoms with Gasteiger partial charge in [-0.15, -0.1) is 0 Å². The molecule has 1 atom stereocenters. The van der Waals surface area contributed by atoms with Crippen molar-refractivity contribution in [2.75, 3.05) is 25.5 Å². The van der Waals surface area contributed by atoms with E-state index >= 15 is 0 Å². The van der Waals surface area contributed by atoms with Crippen LogP contribution in [0.4, 0.5) is 5.69 Å². The maximum absolute atomic E-state index is 12.7. The van der Waals surface area contributed by atoms with Crippen LogP contribution < -0.4 is 4.90 Å². The van der Waals surface area contributed by atoms with Crippen LogP contribution in [0.2, 0.25) is 0 Å². The monoisotopic (exact) mass is 348 g/mol. The van der Waals surface area contributed by atoms with Gasteiger partial charge < -0.3 is 9.80 Å². The van der Waals surface area contributed by atoms with Crippen LogP contribution in [-0.2, 0) is 11.2 Å². The van der Waals surface area contributed by atoms with E-state index in [-0.39, 0.29) is 11.8 Å². The van der Waals surface area contributed by atoms with Gasteiger partial charge in [0.15, 0.2) is 0 Å². The molecule has 0 N–H and O–H groups in total. The fraction of sp³-hybridized carbons (Fsp3) is 0.273. The number of carbonyl (C=O) groups excluding carboxylic acids is 2. The minimum atomic E-state index is -0.0319. The number of hydrogen-bond acceptors (Lipinski definition) is 2. The quantitative estimate of drug-likeness (QED) is 0.795. The number of benzene rings is 2. The third-order valence-electron chi connectivity index (χ3n) is 4.59. The smallest absolute Gasteiger partial charge is 0.253 e. The molecule has 2 amide bonds. The highest BCUT2D eigenvalue weighted by Gasteiger charge is 2.24. The highest BCUT2D eigenvalue weighted by molar-refractivity contribution is 6.04. The molecule has 4 heteroatoms. The van der Waals surface area contributed by atoms with Gasteiger partial charge in [0.2, 0.25) is 0 Å². The molecule has 0 aromatic heterocycles. The van der Waals surface area contributed by atoms with Crippen LogP contribution in [0.1, 0.15) is 28.4 Å². The number of nitrogens with zero attached hydrogens (tertiary/aromatic N) is 2. The highest BCUT2D eigenvalue weighted by atomic mass is 16.2. The van der Waals surface area contributed by atoms with Crippen molar-refractivity contribution in [3.63, 3.8) is 0 Å². The summed E-state index contributed by atoms with van der Waals surface area (Å²) in [5.74, 6) is 0.395. The molecule has 2 aromatic rings. The lowest BCUT2D eigenvalue weighted by atomic mass is 9.94. The van der Waals surface area contributed by atoms with Gasteiger partial charge in [0, 0.05) is 38.0 Å². The van der Waals surface area contributed by atoms with Crippen molar-refractivity contribution < 1.29 is 9.59 Å². The summed E-state index contributed by atoms with van der Waals surface area (Å²) in [5.41, 5.74) is 3.76. The van der Waals surface area contributed by atoms with Gasteiger partial charge in [-0.2, -0.15) is 0 Å². The highest BCUT2D eigenvalue weighted by Crippen LogP contribution is 2.29. The first-order chi connectivity index (χ1) is 12.5. The lowest BCUT2D eigenvalue weighted by Gasteiger charge is -2.32. The van der Waals surface area contributed by atoms with Crippen LogP contribution in [0.3, 0.4) is 0 Å². The van der Waals surface area contributed by atoms with E-state index in [1.54, 1.807) is 43.3 Å². The maximum Gasteiger partial charge on any atom is 0.253 e. The summed E-state index contributed by atoms with van der Waals surface area (Å²) in [6.45, 7) is 2.90. The third-order valence-corrected chi connectivity index (χ3v) is 4.59. The van der Waals surface area contributed by atoms with Crippen molar-refractivity contribution in [3.05, 3.63) is 71.3 Å². The molecule has 0 spiro atoms. The van der Waals surface area contributed by atoms with Crippen molar-refractivity contribution in [2.45, 2.75) is 13.3 Å². The molecule has 3 rings (SSSR count).